The van der Waals surface area contributed by atoms with Crippen molar-refractivity contribution in [3.8, 4) is 16.9 Å². The molecule has 0 atom stereocenters. The van der Waals surface area contributed by atoms with E-state index in [1.54, 1.807) is 30.6 Å². The van der Waals surface area contributed by atoms with E-state index in [0.717, 1.165) is 16.7 Å². The van der Waals surface area contributed by atoms with Gasteiger partial charge in [0, 0.05) is 11.8 Å². The summed E-state index contributed by atoms with van der Waals surface area (Å²) in [5, 5.41) is 8.95. The first-order valence-electron chi connectivity index (χ1n) is 6.04. The molecule has 0 aliphatic carbocycles. The zero-order chi connectivity index (χ0) is 13.8. The number of nitrogens with zero attached hydrogens (tertiary/aromatic N) is 1. The second-order valence-corrected chi connectivity index (χ2v) is 4.18. The Balaban J connectivity index is 2.41. The SMILES string of the molecule is CCOc1cncc(-c2ccc(C(=O)O)cc2C)c1. The average molecular weight is 257 g/mol. The zero-order valence-corrected chi connectivity index (χ0v) is 10.9. The Kier molecular flexibility index (Phi) is 3.80. The van der Waals surface area contributed by atoms with Crippen molar-refractivity contribution >= 4 is 5.97 Å². The van der Waals surface area contributed by atoms with Crippen molar-refractivity contribution in [2.75, 3.05) is 6.61 Å². The van der Waals surface area contributed by atoms with E-state index >= 15 is 0 Å². The molecule has 4 nitrogen and oxygen atoms in total. The van der Waals surface area contributed by atoms with Crippen LogP contribution in [0.4, 0.5) is 0 Å². The molecule has 0 unspecified atom stereocenters. The van der Waals surface area contributed by atoms with E-state index < -0.39 is 5.97 Å². The minimum Gasteiger partial charge on any atom is -0.492 e. The molecule has 0 spiro atoms. The highest BCUT2D eigenvalue weighted by atomic mass is 16.5. The predicted octanol–water partition coefficient (Wildman–Crippen LogP) is 3.15. The summed E-state index contributed by atoms with van der Waals surface area (Å²) in [5.74, 6) is -0.211. The van der Waals surface area contributed by atoms with Gasteiger partial charge in [0.15, 0.2) is 0 Å². The van der Waals surface area contributed by atoms with E-state index in [1.165, 1.54) is 0 Å². The van der Waals surface area contributed by atoms with E-state index in [9.17, 15) is 4.79 Å². The van der Waals surface area contributed by atoms with Crippen LogP contribution in [0.15, 0.2) is 36.7 Å². The quantitative estimate of drug-likeness (QED) is 0.914. The molecule has 1 aromatic heterocycles. The maximum Gasteiger partial charge on any atom is 0.335 e. The molecule has 1 aromatic carbocycles. The van der Waals surface area contributed by atoms with Gasteiger partial charge in [-0.15, -0.1) is 0 Å². The molecular formula is C15H15NO3. The van der Waals surface area contributed by atoms with Gasteiger partial charge in [0.1, 0.15) is 5.75 Å². The lowest BCUT2D eigenvalue weighted by atomic mass is 9.99. The smallest absolute Gasteiger partial charge is 0.335 e. The summed E-state index contributed by atoms with van der Waals surface area (Å²) in [6.07, 6.45) is 3.40. The third kappa shape index (κ3) is 2.91. The van der Waals surface area contributed by atoms with E-state index in [0.29, 0.717) is 12.4 Å². The number of carboxylic acid groups (broad SMARTS) is 1. The number of carboxylic acids is 1. The number of aromatic nitrogens is 1. The normalized spacial score (nSPS) is 10.2. The molecule has 0 bridgehead atoms. The van der Waals surface area contributed by atoms with Crippen LogP contribution in [0.1, 0.15) is 22.8 Å². The summed E-state index contributed by atoms with van der Waals surface area (Å²) in [6, 6.07) is 6.95. The molecule has 1 N–H and O–H groups in total. The van der Waals surface area contributed by atoms with Crippen LogP contribution in [0.3, 0.4) is 0 Å². The maximum absolute atomic E-state index is 10.9. The van der Waals surface area contributed by atoms with E-state index in [1.807, 2.05) is 19.9 Å². The molecule has 0 aliphatic heterocycles. The molecule has 19 heavy (non-hydrogen) atoms. The fraction of sp³-hybridized carbons (Fsp3) is 0.200. The van der Waals surface area contributed by atoms with Crippen molar-refractivity contribution in [3.05, 3.63) is 47.8 Å². The van der Waals surface area contributed by atoms with Crippen molar-refractivity contribution in [1.29, 1.82) is 0 Å². The number of hydrogen-bond acceptors (Lipinski definition) is 3. The zero-order valence-electron chi connectivity index (χ0n) is 10.9. The Morgan fingerprint density at radius 3 is 2.74 bits per heavy atom. The first kappa shape index (κ1) is 13.1. The van der Waals surface area contributed by atoms with Crippen molar-refractivity contribution < 1.29 is 14.6 Å². The number of rotatable bonds is 4. The van der Waals surface area contributed by atoms with E-state index in [2.05, 4.69) is 4.98 Å². The standard InChI is InChI=1S/C15H15NO3/c1-3-19-13-7-12(8-16-9-13)14-5-4-11(15(17)18)6-10(14)2/h4-9H,3H2,1-2H3,(H,17,18). The number of aromatic carboxylic acids is 1. The van der Waals surface area contributed by atoms with Gasteiger partial charge >= 0.3 is 5.97 Å². The largest absolute Gasteiger partial charge is 0.492 e. The highest BCUT2D eigenvalue weighted by molar-refractivity contribution is 5.89. The van der Waals surface area contributed by atoms with Gasteiger partial charge in [0.05, 0.1) is 18.4 Å². The van der Waals surface area contributed by atoms with Gasteiger partial charge in [-0.1, -0.05) is 6.07 Å². The van der Waals surface area contributed by atoms with Gasteiger partial charge < -0.3 is 9.84 Å². The van der Waals surface area contributed by atoms with Crippen LogP contribution in [-0.4, -0.2) is 22.7 Å². The van der Waals surface area contributed by atoms with Gasteiger partial charge in [-0.2, -0.15) is 0 Å². The topological polar surface area (TPSA) is 59.4 Å². The lowest BCUT2D eigenvalue weighted by molar-refractivity contribution is 0.0697. The van der Waals surface area contributed by atoms with E-state index in [-0.39, 0.29) is 5.56 Å². The number of benzene rings is 1. The van der Waals surface area contributed by atoms with Crippen LogP contribution >= 0.6 is 0 Å². The minimum absolute atomic E-state index is 0.287. The molecule has 2 rings (SSSR count). The Labute approximate surface area is 111 Å². The predicted molar refractivity (Wildman–Crippen MR) is 72.5 cm³/mol. The molecule has 2 aromatic rings. The van der Waals surface area contributed by atoms with Crippen LogP contribution < -0.4 is 4.74 Å². The maximum atomic E-state index is 10.9. The summed E-state index contributed by atoms with van der Waals surface area (Å²) in [7, 11) is 0. The van der Waals surface area contributed by atoms with Crippen LogP contribution in [0.5, 0.6) is 5.75 Å². The molecule has 0 amide bonds. The summed E-state index contributed by atoms with van der Waals surface area (Å²) >= 11 is 0. The summed E-state index contributed by atoms with van der Waals surface area (Å²) in [4.78, 5) is 15.0. The first-order valence-corrected chi connectivity index (χ1v) is 6.04. The summed E-state index contributed by atoms with van der Waals surface area (Å²) in [6.45, 7) is 4.39. The van der Waals surface area contributed by atoms with Gasteiger partial charge in [0.25, 0.3) is 0 Å². The number of hydrogen-bond donors (Lipinski definition) is 1. The Morgan fingerprint density at radius 2 is 2.11 bits per heavy atom. The molecule has 0 saturated carbocycles. The second kappa shape index (κ2) is 5.52. The summed E-state index contributed by atoms with van der Waals surface area (Å²) in [5.41, 5.74) is 3.06. The lowest BCUT2D eigenvalue weighted by Gasteiger charge is -2.09. The fourth-order valence-corrected chi connectivity index (χ4v) is 1.93. The number of pyridine rings is 1. The highest BCUT2D eigenvalue weighted by Crippen LogP contribution is 2.26. The highest BCUT2D eigenvalue weighted by Gasteiger charge is 2.08. The molecular weight excluding hydrogens is 242 g/mol. The van der Waals surface area contributed by atoms with Crippen LogP contribution in [-0.2, 0) is 0 Å². The van der Waals surface area contributed by atoms with Gasteiger partial charge in [-0.3, -0.25) is 4.98 Å². The Morgan fingerprint density at radius 1 is 1.32 bits per heavy atom. The van der Waals surface area contributed by atoms with Crippen molar-refractivity contribution in [2.24, 2.45) is 0 Å². The fourth-order valence-electron chi connectivity index (χ4n) is 1.93. The molecule has 0 saturated heterocycles. The number of ether oxygens (including phenoxy) is 1. The van der Waals surface area contributed by atoms with Crippen molar-refractivity contribution in [2.45, 2.75) is 13.8 Å². The molecule has 0 radical (unpaired) electrons. The third-order valence-electron chi connectivity index (χ3n) is 2.81. The summed E-state index contributed by atoms with van der Waals surface area (Å²) < 4.78 is 5.41. The lowest BCUT2D eigenvalue weighted by Crippen LogP contribution is -1.97. The van der Waals surface area contributed by atoms with Crippen LogP contribution in [0, 0.1) is 6.92 Å². The molecule has 0 aliphatic rings. The third-order valence-corrected chi connectivity index (χ3v) is 2.81. The Bertz CT molecular complexity index is 608. The van der Waals surface area contributed by atoms with Crippen LogP contribution in [0.25, 0.3) is 11.1 Å². The molecule has 98 valence electrons. The molecule has 4 heteroatoms. The first-order chi connectivity index (χ1) is 9.11. The van der Waals surface area contributed by atoms with Gasteiger partial charge in [-0.25, -0.2) is 4.79 Å². The van der Waals surface area contributed by atoms with Gasteiger partial charge in [-0.05, 0) is 43.2 Å². The number of carbonyl (C=O) groups is 1. The monoisotopic (exact) mass is 257 g/mol. The molecule has 0 fully saturated rings. The van der Waals surface area contributed by atoms with Crippen molar-refractivity contribution in [1.82, 2.24) is 4.98 Å². The van der Waals surface area contributed by atoms with Crippen LogP contribution in [0.2, 0.25) is 0 Å². The van der Waals surface area contributed by atoms with Gasteiger partial charge in [0.2, 0.25) is 0 Å². The Hall–Kier alpha value is -2.36. The molecule has 1 heterocycles. The minimum atomic E-state index is -0.921. The average Bonchev–Trinajstić information content (AvgIpc) is 2.39. The van der Waals surface area contributed by atoms with E-state index in [4.69, 9.17) is 9.84 Å². The second-order valence-electron chi connectivity index (χ2n) is 4.18. The number of aryl methyl sites for hydroxylation is 1. The van der Waals surface area contributed by atoms with Crippen molar-refractivity contribution in [3.63, 3.8) is 0 Å².